The largest absolute Gasteiger partial charge is 0.279 e. The number of anilines is 1. The van der Waals surface area contributed by atoms with E-state index in [9.17, 15) is 4.79 Å². The number of carbonyl (C=O) groups excluding carboxylic acids is 1. The van der Waals surface area contributed by atoms with Crippen LogP contribution in [0.2, 0.25) is 0 Å². The fraction of sp³-hybridized carbons (Fsp3) is 0.0833. The average Bonchev–Trinajstić information content (AvgIpc) is 3.20. The van der Waals surface area contributed by atoms with Gasteiger partial charge in [0.15, 0.2) is 5.13 Å². The van der Waals surface area contributed by atoms with Crippen LogP contribution in [-0.2, 0) is 6.54 Å². The van der Waals surface area contributed by atoms with E-state index in [0.717, 1.165) is 21.3 Å². The summed E-state index contributed by atoms with van der Waals surface area (Å²) < 4.78 is 1.07. The van der Waals surface area contributed by atoms with Gasteiger partial charge in [-0.2, -0.15) is 0 Å². The van der Waals surface area contributed by atoms with Crippen LogP contribution < -0.4 is 4.90 Å². The molecule has 0 spiro atoms. The van der Waals surface area contributed by atoms with E-state index < -0.39 is 0 Å². The summed E-state index contributed by atoms with van der Waals surface area (Å²) in [6.07, 6.45) is 3.28. The molecule has 3 aromatic carbocycles. The molecule has 2 aromatic heterocycles. The second-order valence-electron chi connectivity index (χ2n) is 7.10. The lowest BCUT2D eigenvalue weighted by molar-refractivity contribution is 0.0985. The minimum absolute atomic E-state index is 0.109. The van der Waals surface area contributed by atoms with Crippen molar-refractivity contribution in [1.29, 1.82) is 0 Å². The summed E-state index contributed by atoms with van der Waals surface area (Å²) in [7, 11) is 0. The van der Waals surface area contributed by atoms with E-state index in [1.165, 1.54) is 16.9 Å². The van der Waals surface area contributed by atoms with Gasteiger partial charge in [-0.25, -0.2) is 4.98 Å². The van der Waals surface area contributed by atoms with Crippen molar-refractivity contribution in [2.45, 2.75) is 13.5 Å². The quantitative estimate of drug-likeness (QED) is 0.398. The molecule has 0 aliphatic rings. The third kappa shape index (κ3) is 3.53. The Labute approximate surface area is 177 Å². The number of amides is 1. The van der Waals surface area contributed by atoms with Crippen LogP contribution in [0.15, 0.2) is 79.1 Å². The highest BCUT2D eigenvalue weighted by Crippen LogP contribution is 2.31. The lowest BCUT2D eigenvalue weighted by Crippen LogP contribution is -2.30. The highest BCUT2D eigenvalue weighted by atomic mass is 32.1. The maximum absolute atomic E-state index is 13.6. The van der Waals surface area contributed by atoms with Gasteiger partial charge in [-0.15, -0.1) is 0 Å². The van der Waals surface area contributed by atoms with Gasteiger partial charge in [0, 0.05) is 18.0 Å². The molecule has 0 N–H and O–H groups in total. The molecule has 5 nitrogen and oxygen atoms in total. The molecule has 0 saturated heterocycles. The number of aromatic nitrogens is 3. The molecule has 2 heterocycles. The Morgan fingerprint density at radius 1 is 0.900 bits per heavy atom. The number of benzene rings is 3. The molecule has 0 saturated carbocycles. The van der Waals surface area contributed by atoms with E-state index in [2.05, 4.69) is 23.0 Å². The molecule has 1 amide bonds. The molecule has 6 heteroatoms. The van der Waals surface area contributed by atoms with E-state index in [0.29, 0.717) is 22.8 Å². The SMILES string of the molecule is Cc1ccc2nc(N(Cc3ccccc3)C(=O)c3ccc4nccnc4c3)sc2c1. The summed E-state index contributed by atoms with van der Waals surface area (Å²) >= 11 is 1.53. The Balaban J connectivity index is 1.59. The first-order valence-corrected chi connectivity index (χ1v) is 10.4. The van der Waals surface area contributed by atoms with Crippen molar-refractivity contribution >= 4 is 43.6 Å². The Hall–Kier alpha value is -3.64. The lowest BCUT2D eigenvalue weighted by atomic mass is 10.1. The van der Waals surface area contributed by atoms with E-state index in [1.54, 1.807) is 29.4 Å². The molecule has 0 unspecified atom stereocenters. The Kier molecular flexibility index (Phi) is 4.69. The summed E-state index contributed by atoms with van der Waals surface area (Å²) in [6.45, 7) is 2.50. The minimum atomic E-state index is -0.109. The monoisotopic (exact) mass is 410 g/mol. The van der Waals surface area contributed by atoms with Gasteiger partial charge in [-0.05, 0) is 48.4 Å². The molecule has 146 valence electrons. The van der Waals surface area contributed by atoms with Crippen LogP contribution in [0, 0.1) is 6.92 Å². The zero-order chi connectivity index (χ0) is 20.5. The van der Waals surface area contributed by atoms with Crippen LogP contribution in [0.1, 0.15) is 21.5 Å². The minimum Gasteiger partial charge on any atom is -0.279 e. The van der Waals surface area contributed by atoms with Gasteiger partial charge >= 0.3 is 0 Å². The van der Waals surface area contributed by atoms with E-state index in [-0.39, 0.29) is 5.91 Å². The Morgan fingerprint density at radius 2 is 1.67 bits per heavy atom. The van der Waals surface area contributed by atoms with Gasteiger partial charge in [0.05, 0.1) is 27.8 Å². The lowest BCUT2D eigenvalue weighted by Gasteiger charge is -2.20. The van der Waals surface area contributed by atoms with Crippen molar-refractivity contribution in [2.24, 2.45) is 0 Å². The standard InChI is InChI=1S/C24H18N4OS/c1-16-7-9-20-22(13-16)30-24(27-20)28(15-17-5-3-2-4-6-17)23(29)18-8-10-19-21(14-18)26-12-11-25-19/h2-14H,15H2,1H3. The van der Waals surface area contributed by atoms with Crippen molar-refractivity contribution in [2.75, 3.05) is 4.90 Å². The molecular weight excluding hydrogens is 392 g/mol. The second kappa shape index (κ2) is 7.65. The van der Waals surface area contributed by atoms with Crippen molar-refractivity contribution in [1.82, 2.24) is 15.0 Å². The Bertz CT molecular complexity index is 1360. The fourth-order valence-electron chi connectivity index (χ4n) is 3.38. The molecule has 0 atom stereocenters. The molecule has 0 bridgehead atoms. The van der Waals surface area contributed by atoms with Gasteiger partial charge in [-0.1, -0.05) is 47.7 Å². The smallest absolute Gasteiger partial charge is 0.260 e. The van der Waals surface area contributed by atoms with Crippen LogP contribution in [0.25, 0.3) is 21.3 Å². The number of rotatable bonds is 4. The first kappa shape index (κ1) is 18.4. The molecule has 0 aliphatic heterocycles. The van der Waals surface area contributed by atoms with Gasteiger partial charge in [-0.3, -0.25) is 19.7 Å². The summed E-state index contributed by atoms with van der Waals surface area (Å²) in [6, 6.07) is 21.5. The van der Waals surface area contributed by atoms with Crippen LogP contribution in [0.4, 0.5) is 5.13 Å². The summed E-state index contributed by atoms with van der Waals surface area (Å²) in [5.41, 5.74) is 5.14. The molecular formula is C24H18N4OS. The predicted molar refractivity (Wildman–Crippen MR) is 121 cm³/mol. The van der Waals surface area contributed by atoms with Crippen LogP contribution in [-0.4, -0.2) is 20.9 Å². The Morgan fingerprint density at radius 3 is 2.50 bits per heavy atom. The first-order chi connectivity index (χ1) is 14.7. The number of hydrogen-bond donors (Lipinski definition) is 0. The highest BCUT2D eigenvalue weighted by Gasteiger charge is 2.22. The van der Waals surface area contributed by atoms with Crippen molar-refractivity contribution in [3.05, 3.63) is 95.8 Å². The maximum atomic E-state index is 13.6. The second-order valence-corrected chi connectivity index (χ2v) is 8.11. The molecule has 5 aromatic rings. The van der Waals surface area contributed by atoms with Crippen molar-refractivity contribution in [3.8, 4) is 0 Å². The number of thiazole rings is 1. The van der Waals surface area contributed by atoms with E-state index >= 15 is 0 Å². The number of carbonyl (C=O) groups is 1. The average molecular weight is 411 g/mol. The topological polar surface area (TPSA) is 59.0 Å². The van der Waals surface area contributed by atoms with Gasteiger partial charge in [0.1, 0.15) is 0 Å². The molecule has 0 radical (unpaired) electrons. The number of nitrogens with zero attached hydrogens (tertiary/aromatic N) is 4. The summed E-state index contributed by atoms with van der Waals surface area (Å²) in [5.74, 6) is -0.109. The van der Waals surface area contributed by atoms with Crippen LogP contribution in [0.3, 0.4) is 0 Å². The summed E-state index contributed by atoms with van der Waals surface area (Å²) in [5, 5.41) is 0.684. The van der Waals surface area contributed by atoms with Crippen molar-refractivity contribution < 1.29 is 4.79 Å². The first-order valence-electron chi connectivity index (χ1n) is 9.61. The van der Waals surface area contributed by atoms with Gasteiger partial charge < -0.3 is 0 Å². The zero-order valence-corrected chi connectivity index (χ0v) is 17.1. The van der Waals surface area contributed by atoms with Gasteiger partial charge in [0.25, 0.3) is 5.91 Å². The zero-order valence-electron chi connectivity index (χ0n) is 16.3. The van der Waals surface area contributed by atoms with Crippen LogP contribution >= 0.6 is 11.3 Å². The number of fused-ring (bicyclic) bond motifs is 2. The fourth-order valence-corrected chi connectivity index (χ4v) is 4.44. The number of hydrogen-bond acceptors (Lipinski definition) is 5. The summed E-state index contributed by atoms with van der Waals surface area (Å²) in [4.78, 5) is 28.7. The third-order valence-electron chi connectivity index (χ3n) is 4.91. The predicted octanol–water partition coefficient (Wildman–Crippen LogP) is 5.39. The van der Waals surface area contributed by atoms with Crippen LogP contribution in [0.5, 0.6) is 0 Å². The number of aryl methyl sites for hydroxylation is 1. The normalized spacial score (nSPS) is 11.1. The molecule has 0 aliphatic carbocycles. The third-order valence-corrected chi connectivity index (χ3v) is 5.95. The molecule has 0 fully saturated rings. The molecule has 5 rings (SSSR count). The highest BCUT2D eigenvalue weighted by molar-refractivity contribution is 7.22. The van der Waals surface area contributed by atoms with Gasteiger partial charge in [0.2, 0.25) is 0 Å². The van der Waals surface area contributed by atoms with E-state index in [1.807, 2.05) is 48.5 Å². The molecule has 30 heavy (non-hydrogen) atoms. The maximum Gasteiger partial charge on any atom is 0.260 e. The van der Waals surface area contributed by atoms with Crippen molar-refractivity contribution in [3.63, 3.8) is 0 Å². The van der Waals surface area contributed by atoms with E-state index in [4.69, 9.17) is 4.98 Å².